The van der Waals surface area contributed by atoms with Crippen LogP contribution in [0.15, 0.2) is 11.6 Å². The van der Waals surface area contributed by atoms with Crippen molar-refractivity contribution in [1.82, 2.24) is 24.1 Å². The third kappa shape index (κ3) is 2.42. The highest BCUT2D eigenvalue weighted by atomic mass is 32.1. The minimum atomic E-state index is 0.667. The van der Waals surface area contributed by atoms with Gasteiger partial charge in [0.05, 0.1) is 25.2 Å². The minimum absolute atomic E-state index is 0.667. The summed E-state index contributed by atoms with van der Waals surface area (Å²) in [6.45, 7) is 2.55. The molecule has 0 aliphatic carbocycles. The minimum Gasteiger partial charge on any atom is -0.480 e. The molecule has 21 heavy (non-hydrogen) atoms. The second-order valence-corrected chi connectivity index (χ2v) is 5.43. The molecule has 0 aliphatic heterocycles. The Bertz CT molecular complexity index is 780. The van der Waals surface area contributed by atoms with E-state index in [1.54, 1.807) is 18.0 Å². The van der Waals surface area contributed by atoms with Gasteiger partial charge in [-0.25, -0.2) is 9.97 Å². The van der Waals surface area contributed by atoms with Crippen molar-refractivity contribution in [2.45, 2.75) is 13.5 Å². The number of ether oxygens (including phenoxy) is 1. The highest BCUT2D eigenvalue weighted by molar-refractivity contribution is 7.03. The first-order valence-corrected chi connectivity index (χ1v) is 7.28. The van der Waals surface area contributed by atoms with Crippen molar-refractivity contribution in [3.05, 3.63) is 23.0 Å². The topological polar surface area (TPSA) is 69.0 Å². The maximum absolute atomic E-state index is 5.26. The normalized spacial score (nSPS) is 11.0. The SMILES string of the molecule is COc1nscc1CN(C)c1nc(C)nc2c1cnn2C. The number of aromatic nitrogens is 5. The third-order valence-corrected chi connectivity index (χ3v) is 3.91. The van der Waals surface area contributed by atoms with E-state index in [1.807, 2.05) is 26.4 Å². The van der Waals surface area contributed by atoms with E-state index in [0.717, 1.165) is 28.2 Å². The highest BCUT2D eigenvalue weighted by Crippen LogP contribution is 2.26. The van der Waals surface area contributed by atoms with Gasteiger partial charge in [-0.15, -0.1) is 0 Å². The molecule has 3 aromatic heterocycles. The summed E-state index contributed by atoms with van der Waals surface area (Å²) in [4.78, 5) is 11.1. The Kier molecular flexibility index (Phi) is 3.46. The van der Waals surface area contributed by atoms with Gasteiger partial charge in [-0.05, 0) is 18.5 Å². The maximum atomic E-state index is 5.26. The molecule has 110 valence electrons. The molecule has 0 fully saturated rings. The largest absolute Gasteiger partial charge is 0.480 e. The van der Waals surface area contributed by atoms with E-state index in [1.165, 1.54) is 11.5 Å². The van der Waals surface area contributed by atoms with Crippen molar-refractivity contribution >= 4 is 28.4 Å². The van der Waals surface area contributed by atoms with Crippen LogP contribution in [0.4, 0.5) is 5.82 Å². The van der Waals surface area contributed by atoms with E-state index in [-0.39, 0.29) is 0 Å². The quantitative estimate of drug-likeness (QED) is 0.732. The lowest BCUT2D eigenvalue weighted by molar-refractivity contribution is 0.397. The lowest BCUT2D eigenvalue weighted by Gasteiger charge is -2.18. The summed E-state index contributed by atoms with van der Waals surface area (Å²) in [6.07, 6.45) is 1.80. The number of nitrogens with zero attached hydrogens (tertiary/aromatic N) is 6. The van der Waals surface area contributed by atoms with Crippen LogP contribution < -0.4 is 9.64 Å². The fourth-order valence-electron chi connectivity index (χ4n) is 2.25. The molecule has 0 saturated heterocycles. The summed E-state index contributed by atoms with van der Waals surface area (Å²) in [7, 11) is 5.50. The Morgan fingerprint density at radius 2 is 2.19 bits per heavy atom. The Morgan fingerprint density at radius 3 is 2.95 bits per heavy atom. The molecule has 0 N–H and O–H groups in total. The monoisotopic (exact) mass is 304 g/mol. The van der Waals surface area contributed by atoms with Crippen LogP contribution in [0.5, 0.6) is 5.88 Å². The Labute approximate surface area is 126 Å². The lowest BCUT2D eigenvalue weighted by atomic mass is 10.3. The first-order chi connectivity index (χ1) is 10.1. The van der Waals surface area contributed by atoms with Gasteiger partial charge in [0, 0.05) is 25.0 Å². The van der Waals surface area contributed by atoms with Gasteiger partial charge in [-0.1, -0.05) is 0 Å². The zero-order chi connectivity index (χ0) is 15.0. The zero-order valence-electron chi connectivity index (χ0n) is 12.4. The maximum Gasteiger partial charge on any atom is 0.229 e. The molecule has 0 amide bonds. The van der Waals surface area contributed by atoms with Crippen LogP contribution in [0.1, 0.15) is 11.4 Å². The molecular weight excluding hydrogens is 288 g/mol. The summed E-state index contributed by atoms with van der Waals surface area (Å²) in [5, 5.41) is 7.19. The van der Waals surface area contributed by atoms with Crippen LogP contribution in [0, 0.1) is 6.92 Å². The molecule has 3 aromatic rings. The fourth-order valence-corrected chi connectivity index (χ4v) is 2.90. The highest BCUT2D eigenvalue weighted by Gasteiger charge is 2.16. The number of rotatable bonds is 4. The van der Waals surface area contributed by atoms with Gasteiger partial charge in [0.1, 0.15) is 11.6 Å². The van der Waals surface area contributed by atoms with Gasteiger partial charge in [0.15, 0.2) is 5.65 Å². The van der Waals surface area contributed by atoms with Crippen LogP contribution in [0.2, 0.25) is 0 Å². The lowest BCUT2D eigenvalue weighted by Crippen LogP contribution is -2.19. The van der Waals surface area contributed by atoms with E-state index in [9.17, 15) is 0 Å². The predicted molar refractivity (Wildman–Crippen MR) is 81.8 cm³/mol. The van der Waals surface area contributed by atoms with Gasteiger partial charge in [-0.2, -0.15) is 9.47 Å². The molecule has 3 heterocycles. The molecule has 8 heteroatoms. The predicted octanol–water partition coefficient (Wildman–Crippen LogP) is 1.77. The number of methoxy groups -OCH3 is 1. The molecule has 0 unspecified atom stereocenters. The number of anilines is 1. The number of hydrogen-bond acceptors (Lipinski definition) is 7. The molecule has 0 saturated carbocycles. The van der Waals surface area contributed by atoms with Crippen LogP contribution in [-0.2, 0) is 13.6 Å². The van der Waals surface area contributed by atoms with Crippen LogP contribution in [0.25, 0.3) is 11.0 Å². The van der Waals surface area contributed by atoms with E-state index >= 15 is 0 Å². The number of fused-ring (bicyclic) bond motifs is 1. The molecular formula is C13H16N6OS. The van der Waals surface area contributed by atoms with Crippen molar-refractivity contribution in [2.24, 2.45) is 7.05 Å². The third-order valence-electron chi connectivity index (χ3n) is 3.25. The van der Waals surface area contributed by atoms with Gasteiger partial charge in [-0.3, -0.25) is 4.68 Å². The summed E-state index contributed by atoms with van der Waals surface area (Å²) >= 11 is 1.39. The first-order valence-electron chi connectivity index (χ1n) is 6.45. The molecule has 0 aromatic carbocycles. The zero-order valence-corrected chi connectivity index (χ0v) is 13.2. The fraction of sp³-hybridized carbons (Fsp3) is 0.385. The van der Waals surface area contributed by atoms with E-state index in [2.05, 4.69) is 24.3 Å². The Balaban J connectivity index is 1.99. The summed E-state index contributed by atoms with van der Waals surface area (Å²) in [5.41, 5.74) is 1.87. The van der Waals surface area contributed by atoms with Crippen molar-refractivity contribution in [1.29, 1.82) is 0 Å². The average Bonchev–Trinajstić information content (AvgIpc) is 3.05. The van der Waals surface area contributed by atoms with Gasteiger partial charge < -0.3 is 9.64 Å². The molecule has 0 bridgehead atoms. The average molecular weight is 304 g/mol. The van der Waals surface area contributed by atoms with Gasteiger partial charge >= 0.3 is 0 Å². The van der Waals surface area contributed by atoms with Crippen LogP contribution >= 0.6 is 11.5 Å². The van der Waals surface area contributed by atoms with Crippen molar-refractivity contribution < 1.29 is 4.74 Å². The van der Waals surface area contributed by atoms with Crippen LogP contribution in [0.3, 0.4) is 0 Å². The standard InChI is InChI=1S/C13H16N6OS/c1-8-15-11(10-5-14-19(3)12(10)16-8)18(2)6-9-7-21-17-13(9)20-4/h5,7H,6H2,1-4H3. The van der Waals surface area contributed by atoms with Crippen molar-refractivity contribution in [2.75, 3.05) is 19.1 Å². The molecule has 0 atom stereocenters. The van der Waals surface area contributed by atoms with Crippen molar-refractivity contribution in [3.63, 3.8) is 0 Å². The summed E-state index contributed by atoms with van der Waals surface area (Å²) in [6, 6.07) is 0. The van der Waals surface area contributed by atoms with E-state index < -0.39 is 0 Å². The molecule has 0 aliphatic rings. The number of hydrogen-bond donors (Lipinski definition) is 0. The smallest absolute Gasteiger partial charge is 0.229 e. The van der Waals surface area contributed by atoms with E-state index in [4.69, 9.17) is 4.74 Å². The molecule has 7 nitrogen and oxygen atoms in total. The molecule has 0 spiro atoms. The van der Waals surface area contributed by atoms with Crippen LogP contribution in [-0.4, -0.2) is 38.3 Å². The Morgan fingerprint density at radius 1 is 1.38 bits per heavy atom. The van der Waals surface area contributed by atoms with E-state index in [0.29, 0.717) is 12.4 Å². The van der Waals surface area contributed by atoms with Gasteiger partial charge in [0.25, 0.3) is 0 Å². The van der Waals surface area contributed by atoms with Crippen molar-refractivity contribution in [3.8, 4) is 5.88 Å². The first kappa shape index (κ1) is 13.7. The molecule has 0 radical (unpaired) electrons. The second kappa shape index (κ2) is 5.28. The Hall–Kier alpha value is -2.22. The van der Waals surface area contributed by atoms with Gasteiger partial charge in [0.2, 0.25) is 5.88 Å². The number of aryl methyl sites for hydroxylation is 2. The summed E-state index contributed by atoms with van der Waals surface area (Å²) in [5.74, 6) is 2.25. The summed E-state index contributed by atoms with van der Waals surface area (Å²) < 4.78 is 11.2. The second-order valence-electron chi connectivity index (χ2n) is 4.81. The molecule has 3 rings (SSSR count).